The van der Waals surface area contributed by atoms with Crippen molar-refractivity contribution in [2.45, 2.75) is 60.1 Å². The van der Waals surface area contributed by atoms with Crippen molar-refractivity contribution in [3.8, 4) is 17.0 Å². The van der Waals surface area contributed by atoms with Gasteiger partial charge in [-0.3, -0.25) is 4.79 Å². The number of hydrogen-bond acceptors (Lipinski definition) is 7. The van der Waals surface area contributed by atoms with Gasteiger partial charge < -0.3 is 19.7 Å². The van der Waals surface area contributed by atoms with Gasteiger partial charge in [-0.05, 0) is 98.9 Å². The number of fused-ring (bicyclic) bond motifs is 2. The Bertz CT molecular complexity index is 1380. The molecule has 3 aliphatic rings. The molecule has 0 amide bonds. The summed E-state index contributed by atoms with van der Waals surface area (Å²) in [5, 5.41) is 6.66. The van der Waals surface area contributed by atoms with Crippen LogP contribution in [0.2, 0.25) is 0 Å². The first kappa shape index (κ1) is 25.4. The summed E-state index contributed by atoms with van der Waals surface area (Å²) in [6.07, 6.45) is 2.86. The lowest BCUT2D eigenvalue weighted by molar-refractivity contribution is -0.150. The number of carbonyl (C=O) groups is 1. The fraction of sp³-hybridized carbons (Fsp3) is 0.484. The minimum atomic E-state index is -0.242. The second-order valence-corrected chi connectivity index (χ2v) is 11.9. The van der Waals surface area contributed by atoms with Crippen LogP contribution in [-0.2, 0) is 29.1 Å². The molecule has 1 aliphatic carbocycles. The van der Waals surface area contributed by atoms with Crippen LogP contribution in [0.25, 0.3) is 11.3 Å². The molecule has 2 aliphatic heterocycles. The summed E-state index contributed by atoms with van der Waals surface area (Å²) in [6.45, 7) is 13.1. The summed E-state index contributed by atoms with van der Waals surface area (Å²) in [7, 11) is 0. The van der Waals surface area contributed by atoms with Crippen LogP contribution in [0.4, 0.5) is 5.13 Å². The highest BCUT2D eigenvalue weighted by Gasteiger charge is 2.63. The Morgan fingerprint density at radius 2 is 2.11 bits per heavy atom. The normalized spacial score (nSPS) is 22.0. The van der Waals surface area contributed by atoms with E-state index in [9.17, 15) is 4.79 Å². The number of aryl methyl sites for hydroxylation is 2. The number of aromatic nitrogens is 1. The Balaban J connectivity index is 1.20. The molecular weight excluding hydrogens is 494 g/mol. The van der Waals surface area contributed by atoms with Crippen LogP contribution in [0, 0.1) is 32.1 Å². The van der Waals surface area contributed by atoms with Crippen LogP contribution in [0.1, 0.15) is 53.1 Å². The number of benzene rings is 2. The number of nitrogens with zero attached hydrogens (tertiary/aromatic N) is 2. The van der Waals surface area contributed by atoms with Gasteiger partial charge in [-0.15, -0.1) is 11.3 Å². The molecule has 2 atom stereocenters. The first-order valence-electron chi connectivity index (χ1n) is 13.8. The van der Waals surface area contributed by atoms with Crippen LogP contribution < -0.4 is 15.0 Å². The average Bonchev–Trinajstić information content (AvgIpc) is 3.48. The molecule has 2 fully saturated rings. The Hall–Kier alpha value is -2.90. The maximum Gasteiger partial charge on any atom is 0.312 e. The molecule has 7 heteroatoms. The summed E-state index contributed by atoms with van der Waals surface area (Å²) in [5.41, 5.74) is 9.76. The van der Waals surface area contributed by atoms with Crippen LogP contribution in [0.5, 0.6) is 5.75 Å². The smallest absolute Gasteiger partial charge is 0.312 e. The van der Waals surface area contributed by atoms with Crippen LogP contribution >= 0.6 is 11.3 Å². The van der Waals surface area contributed by atoms with Gasteiger partial charge in [0.05, 0.1) is 17.7 Å². The standard InChI is InChI=1S/C31H37N3O3S/c1-5-36-29(35)31-10-12-34(16-23(31)14-31)30-33-27(18-38-30)25-8-6-7-19(2)28(25)37-17-22-13-20(3)26-15-32-11-9-24(26)21(22)4/h6-8,13,18,23,32H,5,9-12,14-17H2,1-4H3/t23?,31-/m1/s1. The lowest BCUT2D eigenvalue weighted by Crippen LogP contribution is -2.38. The summed E-state index contributed by atoms with van der Waals surface area (Å²) in [5.74, 6) is 1.27. The van der Waals surface area contributed by atoms with E-state index in [2.05, 4.69) is 60.6 Å². The molecule has 38 heavy (non-hydrogen) atoms. The first-order chi connectivity index (χ1) is 18.4. The molecule has 1 unspecified atom stereocenters. The number of ether oxygens (including phenoxy) is 2. The number of carbonyl (C=O) groups excluding carboxylic acids is 1. The minimum absolute atomic E-state index is 0.00736. The predicted octanol–water partition coefficient (Wildman–Crippen LogP) is 5.74. The lowest BCUT2D eigenvalue weighted by Gasteiger charge is -2.30. The maximum absolute atomic E-state index is 12.5. The Labute approximate surface area is 229 Å². The zero-order chi connectivity index (χ0) is 26.4. The number of para-hydroxylation sites is 1. The number of thiazole rings is 1. The van der Waals surface area contributed by atoms with Crippen LogP contribution in [-0.4, -0.2) is 37.2 Å². The molecule has 1 aromatic heterocycles. The average molecular weight is 532 g/mol. The van der Waals surface area contributed by atoms with E-state index in [1.165, 1.54) is 27.8 Å². The molecule has 1 saturated heterocycles. The third-order valence-electron chi connectivity index (χ3n) is 8.82. The highest BCUT2D eigenvalue weighted by molar-refractivity contribution is 7.14. The van der Waals surface area contributed by atoms with Gasteiger partial charge in [-0.2, -0.15) is 0 Å². The number of anilines is 1. The largest absolute Gasteiger partial charge is 0.488 e. The summed E-state index contributed by atoms with van der Waals surface area (Å²) in [4.78, 5) is 19.9. The van der Waals surface area contributed by atoms with E-state index in [0.29, 0.717) is 19.1 Å². The molecule has 6 nitrogen and oxygen atoms in total. The second-order valence-electron chi connectivity index (χ2n) is 11.1. The summed E-state index contributed by atoms with van der Waals surface area (Å²) in [6, 6.07) is 8.59. The molecular formula is C31H37N3O3S. The van der Waals surface area contributed by atoms with E-state index >= 15 is 0 Å². The molecule has 1 saturated carbocycles. The van der Waals surface area contributed by atoms with Gasteiger partial charge in [0.2, 0.25) is 0 Å². The third kappa shape index (κ3) is 4.39. The van der Waals surface area contributed by atoms with E-state index in [4.69, 9.17) is 14.5 Å². The molecule has 3 heterocycles. The van der Waals surface area contributed by atoms with Crippen molar-refractivity contribution in [1.29, 1.82) is 0 Å². The summed E-state index contributed by atoms with van der Waals surface area (Å²) >= 11 is 1.68. The van der Waals surface area contributed by atoms with Crippen molar-refractivity contribution >= 4 is 22.4 Å². The lowest BCUT2D eigenvalue weighted by atomic mass is 9.89. The monoisotopic (exact) mass is 531 g/mol. The minimum Gasteiger partial charge on any atom is -0.488 e. The highest BCUT2D eigenvalue weighted by Crippen LogP contribution is 2.59. The van der Waals surface area contributed by atoms with Crippen LogP contribution in [0.15, 0.2) is 29.6 Å². The van der Waals surface area contributed by atoms with E-state index in [-0.39, 0.29) is 11.4 Å². The number of nitrogens with one attached hydrogen (secondary N) is 1. The molecule has 1 N–H and O–H groups in total. The van der Waals surface area contributed by atoms with Crippen molar-refractivity contribution in [3.05, 3.63) is 63.0 Å². The zero-order valence-electron chi connectivity index (χ0n) is 22.9. The van der Waals surface area contributed by atoms with Gasteiger partial charge in [0.15, 0.2) is 5.13 Å². The zero-order valence-corrected chi connectivity index (χ0v) is 23.7. The van der Waals surface area contributed by atoms with Gasteiger partial charge in [-0.25, -0.2) is 4.98 Å². The SMILES string of the molecule is CCOC(=O)[C@@]12CCN(c3nc(-c4cccc(C)c4OCc4cc(C)c5c(c4C)CCNC5)cs3)CC1C2. The fourth-order valence-electron chi connectivity index (χ4n) is 6.42. The third-order valence-corrected chi connectivity index (χ3v) is 9.73. The van der Waals surface area contributed by atoms with Crippen molar-refractivity contribution < 1.29 is 14.3 Å². The van der Waals surface area contributed by atoms with E-state index < -0.39 is 0 Å². The predicted molar refractivity (Wildman–Crippen MR) is 152 cm³/mol. The molecule has 0 spiro atoms. The van der Waals surface area contributed by atoms with E-state index in [1.54, 1.807) is 11.3 Å². The molecule has 3 aromatic rings. The molecule has 2 aromatic carbocycles. The van der Waals surface area contributed by atoms with Crippen molar-refractivity contribution in [3.63, 3.8) is 0 Å². The summed E-state index contributed by atoms with van der Waals surface area (Å²) < 4.78 is 11.9. The van der Waals surface area contributed by atoms with Crippen LogP contribution in [0.3, 0.4) is 0 Å². The van der Waals surface area contributed by atoms with Gasteiger partial charge in [0.1, 0.15) is 12.4 Å². The van der Waals surface area contributed by atoms with E-state index in [1.807, 2.05) is 6.92 Å². The van der Waals surface area contributed by atoms with E-state index in [0.717, 1.165) is 73.1 Å². The number of hydrogen-bond donors (Lipinski definition) is 1. The first-order valence-corrected chi connectivity index (χ1v) is 14.7. The Kier molecular flexibility index (Phi) is 6.68. The number of rotatable bonds is 7. The van der Waals surface area contributed by atoms with Crippen molar-refractivity contribution in [1.82, 2.24) is 10.3 Å². The quantitative estimate of drug-likeness (QED) is 0.392. The number of esters is 1. The highest BCUT2D eigenvalue weighted by atomic mass is 32.1. The van der Waals surface area contributed by atoms with Gasteiger partial charge in [0.25, 0.3) is 0 Å². The van der Waals surface area contributed by atoms with Crippen molar-refractivity contribution in [2.75, 3.05) is 31.1 Å². The molecule has 200 valence electrons. The van der Waals surface area contributed by atoms with Gasteiger partial charge in [0, 0.05) is 30.6 Å². The number of piperidine rings is 1. The Morgan fingerprint density at radius 3 is 2.92 bits per heavy atom. The molecule has 0 radical (unpaired) electrons. The topological polar surface area (TPSA) is 63.7 Å². The fourth-order valence-corrected chi connectivity index (χ4v) is 7.29. The van der Waals surface area contributed by atoms with Gasteiger partial charge >= 0.3 is 5.97 Å². The van der Waals surface area contributed by atoms with Gasteiger partial charge in [-0.1, -0.05) is 18.2 Å². The molecule has 0 bridgehead atoms. The Morgan fingerprint density at radius 1 is 1.24 bits per heavy atom. The molecule has 6 rings (SSSR count). The second kappa shape index (κ2) is 10.0. The van der Waals surface area contributed by atoms with Crippen molar-refractivity contribution in [2.24, 2.45) is 11.3 Å². The maximum atomic E-state index is 12.5.